The summed E-state index contributed by atoms with van der Waals surface area (Å²) in [6.45, 7) is 1.97. The van der Waals surface area contributed by atoms with Gasteiger partial charge in [0.2, 0.25) is 10.0 Å². The molecule has 0 saturated heterocycles. The lowest BCUT2D eigenvalue weighted by Gasteiger charge is -2.27. The van der Waals surface area contributed by atoms with E-state index in [1.807, 2.05) is 0 Å². The first-order chi connectivity index (χ1) is 8.44. The Morgan fingerprint density at radius 1 is 1.39 bits per heavy atom. The molecule has 1 rings (SSSR count). The highest BCUT2D eigenvalue weighted by Gasteiger charge is 2.25. The van der Waals surface area contributed by atoms with E-state index >= 15 is 0 Å². The van der Waals surface area contributed by atoms with E-state index < -0.39 is 27.8 Å². The Balaban J connectivity index is 2.38. The van der Waals surface area contributed by atoms with Crippen LogP contribution >= 0.6 is 0 Å². The highest BCUT2D eigenvalue weighted by molar-refractivity contribution is 7.90. The number of esters is 1. The third-order valence-corrected chi connectivity index (χ3v) is 4.27. The predicted octanol–water partition coefficient (Wildman–Crippen LogP) is 0.0200. The van der Waals surface area contributed by atoms with Crippen molar-refractivity contribution in [3.8, 4) is 0 Å². The van der Waals surface area contributed by atoms with E-state index in [4.69, 9.17) is 0 Å². The van der Waals surface area contributed by atoms with E-state index in [2.05, 4.69) is 9.46 Å². The molecule has 0 aromatic carbocycles. The monoisotopic (exact) mass is 279 g/mol. The van der Waals surface area contributed by atoms with E-state index in [1.54, 1.807) is 6.92 Å². The third kappa shape index (κ3) is 5.32. The summed E-state index contributed by atoms with van der Waals surface area (Å²) in [5.74, 6) is -1.48. The molecule has 0 aromatic heterocycles. The highest BCUT2D eigenvalue weighted by Crippen LogP contribution is 2.23. The van der Waals surface area contributed by atoms with Crippen LogP contribution in [0.2, 0.25) is 0 Å². The fourth-order valence-electron chi connectivity index (χ4n) is 2.07. The zero-order valence-corrected chi connectivity index (χ0v) is 11.4. The third-order valence-electron chi connectivity index (χ3n) is 3.05. The molecule has 106 valence electrons. The number of hydrogen-bond donors (Lipinski definition) is 2. The molecule has 1 saturated carbocycles. The van der Waals surface area contributed by atoms with Gasteiger partial charge in [-0.15, -0.1) is 0 Å². The molecule has 0 bridgehead atoms. The van der Waals surface area contributed by atoms with E-state index in [-0.39, 0.29) is 19.1 Å². The highest BCUT2D eigenvalue weighted by atomic mass is 32.2. The average molecular weight is 279 g/mol. The van der Waals surface area contributed by atoms with E-state index in [9.17, 15) is 18.3 Å². The van der Waals surface area contributed by atoms with Crippen LogP contribution in [0.3, 0.4) is 0 Å². The van der Waals surface area contributed by atoms with E-state index in [0.717, 1.165) is 19.3 Å². The first-order valence-corrected chi connectivity index (χ1v) is 7.91. The summed E-state index contributed by atoms with van der Waals surface area (Å²) in [6, 6.07) is 0. The number of aliphatic hydroxyl groups excluding tert-OH is 1. The molecule has 1 fully saturated rings. The van der Waals surface area contributed by atoms with Crippen molar-refractivity contribution in [2.75, 3.05) is 18.9 Å². The maximum absolute atomic E-state index is 11.6. The molecule has 7 heteroatoms. The molecule has 0 aliphatic heterocycles. The molecule has 1 aliphatic rings. The van der Waals surface area contributed by atoms with Crippen LogP contribution in [-0.4, -0.2) is 44.5 Å². The van der Waals surface area contributed by atoms with Crippen LogP contribution in [0.4, 0.5) is 0 Å². The number of hydrogen-bond acceptors (Lipinski definition) is 5. The Labute approximate surface area is 108 Å². The molecule has 1 aliphatic carbocycles. The topological polar surface area (TPSA) is 92.7 Å². The van der Waals surface area contributed by atoms with Crippen molar-refractivity contribution in [3.05, 3.63) is 0 Å². The molecular formula is C11H21NO5S. The van der Waals surface area contributed by atoms with Crippen LogP contribution in [-0.2, 0) is 19.6 Å². The number of nitrogens with one attached hydrogen (secondary N) is 1. The van der Waals surface area contributed by atoms with E-state index in [1.165, 1.54) is 0 Å². The number of ether oxygens (including phenoxy) is 1. The number of carbonyl (C=O) groups excluding carboxylic acids is 1. The van der Waals surface area contributed by atoms with Gasteiger partial charge in [0, 0.05) is 6.54 Å². The Bertz CT molecular complexity index is 368. The average Bonchev–Trinajstić information content (AvgIpc) is 2.27. The quantitative estimate of drug-likeness (QED) is 0.669. The van der Waals surface area contributed by atoms with Crippen molar-refractivity contribution < 1.29 is 23.1 Å². The summed E-state index contributed by atoms with van der Waals surface area (Å²) in [5.41, 5.74) is 0. The molecule has 0 aromatic rings. The van der Waals surface area contributed by atoms with Crippen molar-refractivity contribution in [1.82, 2.24) is 4.72 Å². The minimum Gasteiger partial charge on any atom is -0.465 e. The SMILES string of the molecule is CCOC(=O)CS(=O)(=O)NCC1CCCCC1O. The molecule has 0 spiro atoms. The molecule has 2 atom stereocenters. The number of sulfonamides is 1. The maximum atomic E-state index is 11.6. The van der Waals surface area contributed by atoms with Crippen LogP contribution in [0.5, 0.6) is 0 Å². The van der Waals surface area contributed by atoms with Gasteiger partial charge < -0.3 is 9.84 Å². The Kier molecular flexibility index (Phi) is 6.04. The lowest BCUT2D eigenvalue weighted by atomic mass is 9.87. The second-order valence-corrected chi connectivity index (χ2v) is 6.33. The molecule has 2 unspecified atom stereocenters. The Hall–Kier alpha value is -0.660. The van der Waals surface area contributed by atoms with Gasteiger partial charge in [-0.25, -0.2) is 13.1 Å². The van der Waals surface area contributed by atoms with Gasteiger partial charge in [0.1, 0.15) is 0 Å². The molecule has 2 N–H and O–H groups in total. The van der Waals surface area contributed by atoms with E-state index in [0.29, 0.717) is 6.42 Å². The number of carbonyl (C=O) groups is 1. The number of aliphatic hydroxyl groups is 1. The molecule has 0 heterocycles. The summed E-state index contributed by atoms with van der Waals surface area (Å²) >= 11 is 0. The van der Waals surface area contributed by atoms with Gasteiger partial charge in [0.05, 0.1) is 12.7 Å². The summed E-state index contributed by atoms with van der Waals surface area (Å²) in [4.78, 5) is 11.1. The second-order valence-electron chi connectivity index (χ2n) is 4.52. The maximum Gasteiger partial charge on any atom is 0.322 e. The summed E-state index contributed by atoms with van der Waals surface area (Å²) < 4.78 is 30.1. The summed E-state index contributed by atoms with van der Waals surface area (Å²) in [6.07, 6.45) is 3.05. The van der Waals surface area contributed by atoms with Crippen molar-refractivity contribution in [1.29, 1.82) is 0 Å². The Morgan fingerprint density at radius 2 is 2.06 bits per heavy atom. The van der Waals surface area contributed by atoms with Crippen LogP contribution in [0.1, 0.15) is 32.6 Å². The summed E-state index contributed by atoms with van der Waals surface area (Å²) in [7, 11) is -3.66. The summed E-state index contributed by atoms with van der Waals surface area (Å²) in [5, 5.41) is 9.71. The lowest BCUT2D eigenvalue weighted by molar-refractivity contribution is -0.139. The lowest BCUT2D eigenvalue weighted by Crippen LogP contribution is -2.39. The molecule has 0 amide bonds. The van der Waals surface area contributed by atoms with Gasteiger partial charge in [0.25, 0.3) is 0 Å². The van der Waals surface area contributed by atoms with Crippen LogP contribution in [0.25, 0.3) is 0 Å². The van der Waals surface area contributed by atoms with Gasteiger partial charge in [-0.05, 0) is 25.7 Å². The van der Waals surface area contributed by atoms with Crippen molar-refractivity contribution in [2.45, 2.75) is 38.7 Å². The molecule has 18 heavy (non-hydrogen) atoms. The predicted molar refractivity (Wildman–Crippen MR) is 66.4 cm³/mol. The largest absolute Gasteiger partial charge is 0.465 e. The van der Waals surface area contributed by atoms with Gasteiger partial charge in [-0.3, -0.25) is 4.79 Å². The van der Waals surface area contributed by atoms with Crippen LogP contribution in [0.15, 0.2) is 0 Å². The zero-order chi connectivity index (χ0) is 13.6. The fraction of sp³-hybridized carbons (Fsp3) is 0.909. The van der Waals surface area contributed by atoms with Crippen LogP contribution in [0, 0.1) is 5.92 Å². The smallest absolute Gasteiger partial charge is 0.322 e. The zero-order valence-electron chi connectivity index (χ0n) is 10.6. The molecule has 0 radical (unpaired) electrons. The Morgan fingerprint density at radius 3 is 2.67 bits per heavy atom. The van der Waals surface area contributed by atoms with Crippen molar-refractivity contribution in [3.63, 3.8) is 0 Å². The normalized spacial score (nSPS) is 24.8. The van der Waals surface area contributed by atoms with Gasteiger partial charge in [-0.1, -0.05) is 12.8 Å². The second kappa shape index (κ2) is 7.06. The van der Waals surface area contributed by atoms with Gasteiger partial charge in [-0.2, -0.15) is 0 Å². The van der Waals surface area contributed by atoms with Crippen molar-refractivity contribution in [2.24, 2.45) is 5.92 Å². The minimum atomic E-state index is -3.66. The number of rotatable bonds is 6. The molecule has 6 nitrogen and oxygen atoms in total. The first-order valence-electron chi connectivity index (χ1n) is 6.25. The standard InChI is InChI=1S/C11H21NO5S/c1-2-17-11(14)8-18(15,16)12-7-9-5-3-4-6-10(9)13/h9-10,12-13H,2-8H2,1H3. The van der Waals surface area contributed by atoms with Crippen LogP contribution < -0.4 is 4.72 Å². The molecular weight excluding hydrogens is 258 g/mol. The fourth-order valence-corrected chi connectivity index (χ4v) is 3.03. The minimum absolute atomic E-state index is 0.0595. The first kappa shape index (κ1) is 15.4. The van der Waals surface area contributed by atoms with Gasteiger partial charge >= 0.3 is 5.97 Å². The van der Waals surface area contributed by atoms with Gasteiger partial charge in [0.15, 0.2) is 5.75 Å². The van der Waals surface area contributed by atoms with Crippen molar-refractivity contribution >= 4 is 16.0 Å².